The topological polar surface area (TPSA) is 90.4 Å². The summed E-state index contributed by atoms with van der Waals surface area (Å²) in [6.45, 7) is 5.08. The Morgan fingerprint density at radius 2 is 2.12 bits per heavy atom. The first-order chi connectivity index (χ1) is 12.6. The van der Waals surface area contributed by atoms with E-state index in [0.717, 1.165) is 31.9 Å². The van der Waals surface area contributed by atoms with Crippen LogP contribution in [0.25, 0.3) is 6.08 Å². The number of carbonyl (C=O) groups is 1. The lowest BCUT2D eigenvalue weighted by atomic mass is 10.1. The smallest absolute Gasteiger partial charge is 0.267 e. The highest BCUT2D eigenvalue weighted by Crippen LogP contribution is 2.17. The van der Waals surface area contributed by atoms with Gasteiger partial charge in [0.1, 0.15) is 5.82 Å². The molecule has 0 saturated carbocycles. The average molecular weight is 353 g/mol. The molecule has 7 nitrogen and oxygen atoms in total. The summed E-state index contributed by atoms with van der Waals surface area (Å²) in [5.41, 5.74) is 4.69. The zero-order valence-corrected chi connectivity index (χ0v) is 14.7. The van der Waals surface area contributed by atoms with Gasteiger partial charge >= 0.3 is 0 Å². The number of hydrogen-bond donors (Lipinski definition) is 3. The van der Waals surface area contributed by atoms with Crippen LogP contribution in [-0.2, 0) is 11.3 Å². The number of hydrogen-bond acceptors (Lipinski definition) is 6. The lowest BCUT2D eigenvalue weighted by molar-refractivity contribution is -0.124. The third-order valence-corrected chi connectivity index (χ3v) is 4.34. The van der Waals surface area contributed by atoms with Gasteiger partial charge in [0.2, 0.25) is 0 Å². The first kappa shape index (κ1) is 18.0. The maximum absolute atomic E-state index is 10.9. The fourth-order valence-electron chi connectivity index (χ4n) is 2.95. The summed E-state index contributed by atoms with van der Waals surface area (Å²) in [6, 6.07) is 9.01. The highest BCUT2D eigenvalue weighted by Gasteiger charge is 2.22. The van der Waals surface area contributed by atoms with Crippen LogP contribution >= 0.6 is 0 Å². The fourth-order valence-corrected chi connectivity index (χ4v) is 2.95. The zero-order valence-electron chi connectivity index (χ0n) is 14.7. The SMILES string of the molecule is Cc1ccc(CN2CC[C@@H](Nc3cnc(/C=C/C(=O)NO)cn3)C2)cc1. The Balaban J connectivity index is 1.49. The fraction of sp³-hybridized carbons (Fsp3) is 0.316. The number of hydroxylamine groups is 1. The van der Waals surface area contributed by atoms with Crippen molar-refractivity contribution < 1.29 is 10.0 Å². The molecule has 0 bridgehead atoms. The van der Waals surface area contributed by atoms with Crippen LogP contribution in [0.5, 0.6) is 0 Å². The largest absolute Gasteiger partial charge is 0.365 e. The number of amides is 1. The second-order valence-corrected chi connectivity index (χ2v) is 6.49. The molecule has 136 valence electrons. The third kappa shape index (κ3) is 5.11. The highest BCUT2D eigenvalue weighted by molar-refractivity contribution is 5.90. The molecular formula is C19H23N5O2. The van der Waals surface area contributed by atoms with Crippen molar-refractivity contribution in [2.75, 3.05) is 18.4 Å². The van der Waals surface area contributed by atoms with Gasteiger partial charge in [0.25, 0.3) is 5.91 Å². The van der Waals surface area contributed by atoms with Gasteiger partial charge in [-0.25, -0.2) is 10.5 Å². The van der Waals surface area contributed by atoms with Gasteiger partial charge in [0, 0.05) is 31.8 Å². The quantitative estimate of drug-likeness (QED) is 0.418. The second kappa shape index (κ2) is 8.55. The molecule has 3 rings (SSSR count). The molecule has 1 atom stereocenters. The predicted molar refractivity (Wildman–Crippen MR) is 99.5 cm³/mol. The van der Waals surface area contributed by atoms with E-state index < -0.39 is 5.91 Å². The molecule has 26 heavy (non-hydrogen) atoms. The summed E-state index contributed by atoms with van der Waals surface area (Å²) >= 11 is 0. The summed E-state index contributed by atoms with van der Waals surface area (Å²) in [5.74, 6) is 0.115. The van der Waals surface area contributed by atoms with Gasteiger partial charge in [-0.05, 0) is 25.0 Å². The van der Waals surface area contributed by atoms with Crippen LogP contribution < -0.4 is 10.8 Å². The Labute approximate surface area is 152 Å². The average Bonchev–Trinajstić information content (AvgIpc) is 3.09. The highest BCUT2D eigenvalue weighted by atomic mass is 16.5. The molecule has 0 aliphatic carbocycles. The first-order valence-electron chi connectivity index (χ1n) is 8.61. The van der Waals surface area contributed by atoms with Crippen molar-refractivity contribution in [2.45, 2.75) is 25.9 Å². The van der Waals surface area contributed by atoms with Crippen molar-refractivity contribution in [3.63, 3.8) is 0 Å². The second-order valence-electron chi connectivity index (χ2n) is 6.49. The molecule has 2 aromatic rings. The molecule has 1 saturated heterocycles. The standard InChI is InChI=1S/C19H23N5O2/c1-14-2-4-15(5-3-14)12-24-9-8-17(13-24)22-18-11-20-16(10-21-18)6-7-19(25)23-26/h2-7,10-11,17,26H,8-9,12-13H2,1H3,(H,21,22)(H,23,25)/b7-6+/t17-/m1/s1. The van der Waals surface area contributed by atoms with Crippen molar-refractivity contribution >= 4 is 17.8 Å². The number of anilines is 1. The van der Waals surface area contributed by atoms with Crippen LogP contribution in [0.2, 0.25) is 0 Å². The van der Waals surface area contributed by atoms with E-state index in [1.54, 1.807) is 12.4 Å². The Hall–Kier alpha value is -2.77. The van der Waals surface area contributed by atoms with Gasteiger partial charge < -0.3 is 5.32 Å². The van der Waals surface area contributed by atoms with E-state index >= 15 is 0 Å². The number of likely N-dealkylation sites (tertiary alicyclic amines) is 1. The van der Waals surface area contributed by atoms with Gasteiger partial charge in [-0.2, -0.15) is 0 Å². The third-order valence-electron chi connectivity index (χ3n) is 4.34. The molecule has 0 spiro atoms. The number of carbonyl (C=O) groups excluding carboxylic acids is 1. The van der Waals surface area contributed by atoms with Crippen molar-refractivity contribution in [2.24, 2.45) is 0 Å². The molecule has 1 fully saturated rings. The van der Waals surface area contributed by atoms with Crippen LogP contribution in [0.3, 0.4) is 0 Å². The van der Waals surface area contributed by atoms with E-state index in [2.05, 4.69) is 51.4 Å². The van der Waals surface area contributed by atoms with E-state index in [1.165, 1.54) is 28.8 Å². The molecule has 1 aliphatic heterocycles. The van der Waals surface area contributed by atoms with Crippen LogP contribution in [0, 0.1) is 6.92 Å². The van der Waals surface area contributed by atoms with Crippen molar-refractivity contribution in [3.8, 4) is 0 Å². The van der Waals surface area contributed by atoms with Gasteiger partial charge in [-0.1, -0.05) is 29.8 Å². The summed E-state index contributed by atoms with van der Waals surface area (Å²) in [6.07, 6.45) is 6.98. The molecule has 2 heterocycles. The van der Waals surface area contributed by atoms with E-state index in [4.69, 9.17) is 5.21 Å². The summed E-state index contributed by atoms with van der Waals surface area (Å²) in [4.78, 5) is 21.9. The Morgan fingerprint density at radius 1 is 1.31 bits per heavy atom. The van der Waals surface area contributed by atoms with Crippen molar-refractivity contribution in [1.82, 2.24) is 20.3 Å². The van der Waals surface area contributed by atoms with Crippen LogP contribution in [0.15, 0.2) is 42.7 Å². The van der Waals surface area contributed by atoms with Gasteiger partial charge in [0.15, 0.2) is 0 Å². The lowest BCUT2D eigenvalue weighted by Gasteiger charge is -2.17. The number of nitrogens with one attached hydrogen (secondary N) is 2. The van der Waals surface area contributed by atoms with E-state index in [-0.39, 0.29) is 0 Å². The lowest BCUT2D eigenvalue weighted by Crippen LogP contribution is -2.26. The molecule has 3 N–H and O–H groups in total. The normalized spacial score (nSPS) is 17.5. The summed E-state index contributed by atoms with van der Waals surface area (Å²) in [5, 5.41) is 11.9. The van der Waals surface area contributed by atoms with Gasteiger partial charge in [-0.15, -0.1) is 0 Å². The number of benzene rings is 1. The molecule has 1 aliphatic rings. The first-order valence-corrected chi connectivity index (χ1v) is 8.61. The number of rotatable bonds is 6. The zero-order chi connectivity index (χ0) is 18.4. The molecule has 1 aromatic heterocycles. The molecule has 0 radical (unpaired) electrons. The predicted octanol–water partition coefficient (Wildman–Crippen LogP) is 1.99. The molecular weight excluding hydrogens is 330 g/mol. The summed E-state index contributed by atoms with van der Waals surface area (Å²) < 4.78 is 0. The summed E-state index contributed by atoms with van der Waals surface area (Å²) in [7, 11) is 0. The minimum Gasteiger partial charge on any atom is -0.365 e. The maximum atomic E-state index is 10.9. The molecule has 1 amide bonds. The Bertz CT molecular complexity index is 759. The van der Waals surface area contributed by atoms with E-state index in [9.17, 15) is 4.79 Å². The van der Waals surface area contributed by atoms with E-state index in [1.807, 2.05) is 0 Å². The van der Waals surface area contributed by atoms with Crippen molar-refractivity contribution in [1.29, 1.82) is 0 Å². The van der Waals surface area contributed by atoms with Crippen molar-refractivity contribution in [3.05, 3.63) is 59.6 Å². The minimum atomic E-state index is -0.603. The molecule has 7 heteroatoms. The number of aryl methyl sites for hydroxylation is 1. The number of aromatic nitrogens is 2. The maximum Gasteiger partial charge on any atom is 0.267 e. The van der Waals surface area contributed by atoms with Crippen LogP contribution in [-0.4, -0.2) is 45.1 Å². The monoisotopic (exact) mass is 353 g/mol. The van der Waals surface area contributed by atoms with Gasteiger partial charge in [-0.3, -0.25) is 19.9 Å². The molecule has 0 unspecified atom stereocenters. The van der Waals surface area contributed by atoms with Crippen LogP contribution in [0.1, 0.15) is 23.2 Å². The Morgan fingerprint density at radius 3 is 2.81 bits per heavy atom. The van der Waals surface area contributed by atoms with Gasteiger partial charge in [0.05, 0.1) is 18.1 Å². The molecule has 1 aromatic carbocycles. The van der Waals surface area contributed by atoms with E-state index in [0.29, 0.717) is 11.7 Å². The Kier molecular flexibility index (Phi) is 5.93. The number of nitrogens with zero attached hydrogens (tertiary/aromatic N) is 3. The van der Waals surface area contributed by atoms with Crippen LogP contribution in [0.4, 0.5) is 5.82 Å². The minimum absolute atomic E-state index is 0.344.